The van der Waals surface area contributed by atoms with Crippen LogP contribution in [0.2, 0.25) is 0 Å². The lowest BCUT2D eigenvalue weighted by atomic mass is 10.0. The standard InChI is InChI=1S/C7H12N2O2/c10-7(11)6-3-5-1-2-8-9(6)4-5/h5-6,8H,1-4H2,(H,10,11). The molecule has 2 fully saturated rings. The summed E-state index contributed by atoms with van der Waals surface area (Å²) in [4.78, 5) is 10.7. The van der Waals surface area contributed by atoms with Crippen molar-refractivity contribution in [1.82, 2.24) is 10.4 Å². The van der Waals surface area contributed by atoms with Gasteiger partial charge in [-0.1, -0.05) is 0 Å². The van der Waals surface area contributed by atoms with Crippen LogP contribution in [0.3, 0.4) is 0 Å². The molecular formula is C7H12N2O2. The molecule has 0 aromatic carbocycles. The molecule has 2 heterocycles. The second kappa shape index (κ2) is 2.46. The fourth-order valence-corrected chi connectivity index (χ4v) is 1.95. The third kappa shape index (κ3) is 1.12. The van der Waals surface area contributed by atoms with Gasteiger partial charge in [-0.25, -0.2) is 5.01 Å². The molecule has 0 spiro atoms. The van der Waals surface area contributed by atoms with Crippen LogP contribution < -0.4 is 5.43 Å². The van der Waals surface area contributed by atoms with Crippen LogP contribution >= 0.6 is 0 Å². The number of carbonyl (C=O) groups is 1. The van der Waals surface area contributed by atoms with Gasteiger partial charge in [0.05, 0.1) is 0 Å². The molecule has 4 heteroatoms. The normalized spacial score (nSPS) is 42.4. The second-order valence-corrected chi connectivity index (χ2v) is 3.30. The summed E-state index contributed by atoms with van der Waals surface area (Å²) in [6.07, 6.45) is 1.95. The number of hydrogen-bond donors (Lipinski definition) is 2. The van der Waals surface area contributed by atoms with Crippen LogP contribution in [0, 0.1) is 5.92 Å². The molecule has 3 unspecified atom stereocenters. The minimum absolute atomic E-state index is 0.275. The van der Waals surface area contributed by atoms with Crippen LogP contribution in [-0.2, 0) is 4.79 Å². The van der Waals surface area contributed by atoms with Crippen LogP contribution in [0.25, 0.3) is 0 Å². The number of carboxylic acid groups (broad SMARTS) is 1. The molecule has 4 nitrogen and oxygen atoms in total. The molecule has 2 aliphatic heterocycles. The maximum Gasteiger partial charge on any atom is 0.322 e. The molecule has 2 aliphatic rings. The monoisotopic (exact) mass is 156 g/mol. The van der Waals surface area contributed by atoms with E-state index in [2.05, 4.69) is 5.43 Å². The number of nitrogens with one attached hydrogen (secondary N) is 1. The first-order chi connectivity index (χ1) is 5.27. The van der Waals surface area contributed by atoms with E-state index in [9.17, 15) is 4.79 Å². The smallest absolute Gasteiger partial charge is 0.322 e. The van der Waals surface area contributed by atoms with Gasteiger partial charge in [-0.3, -0.25) is 10.2 Å². The molecule has 2 rings (SSSR count). The molecule has 2 bridgehead atoms. The van der Waals surface area contributed by atoms with Gasteiger partial charge in [-0.15, -0.1) is 0 Å². The summed E-state index contributed by atoms with van der Waals surface area (Å²) in [5.74, 6) is -0.0840. The van der Waals surface area contributed by atoms with Gasteiger partial charge in [0.2, 0.25) is 0 Å². The van der Waals surface area contributed by atoms with Crippen molar-refractivity contribution in [3.63, 3.8) is 0 Å². The molecule has 0 radical (unpaired) electrons. The Balaban J connectivity index is 2.08. The molecule has 0 aromatic rings. The van der Waals surface area contributed by atoms with Crippen molar-refractivity contribution < 1.29 is 9.90 Å². The maximum atomic E-state index is 10.7. The van der Waals surface area contributed by atoms with Crippen molar-refractivity contribution in [2.24, 2.45) is 5.92 Å². The highest BCUT2D eigenvalue weighted by molar-refractivity contribution is 5.73. The molecule has 62 valence electrons. The lowest BCUT2D eigenvalue weighted by molar-refractivity contribution is -0.143. The highest BCUT2D eigenvalue weighted by atomic mass is 16.4. The molecule has 2 N–H and O–H groups in total. The van der Waals surface area contributed by atoms with Crippen LogP contribution in [0.5, 0.6) is 0 Å². The van der Waals surface area contributed by atoms with E-state index in [4.69, 9.17) is 5.11 Å². The average Bonchev–Trinajstić information content (AvgIpc) is 2.27. The number of nitrogens with zero attached hydrogens (tertiary/aromatic N) is 1. The summed E-state index contributed by atoms with van der Waals surface area (Å²) >= 11 is 0. The SMILES string of the molecule is O=C(O)C1CC2CCNN1C2. The summed E-state index contributed by atoms with van der Waals surface area (Å²) in [5.41, 5.74) is 3.09. The Morgan fingerprint density at radius 3 is 3.09 bits per heavy atom. The topological polar surface area (TPSA) is 52.6 Å². The summed E-state index contributed by atoms with van der Waals surface area (Å²) in [6.45, 7) is 1.85. The van der Waals surface area contributed by atoms with Crippen molar-refractivity contribution in [2.45, 2.75) is 18.9 Å². The molecule has 0 aromatic heterocycles. The van der Waals surface area contributed by atoms with E-state index in [0.717, 1.165) is 25.9 Å². The average molecular weight is 156 g/mol. The Morgan fingerprint density at radius 2 is 2.45 bits per heavy atom. The van der Waals surface area contributed by atoms with Gasteiger partial charge in [0.25, 0.3) is 0 Å². The Morgan fingerprint density at radius 1 is 1.64 bits per heavy atom. The lowest BCUT2D eigenvalue weighted by Crippen LogP contribution is -2.47. The number of carboxylic acids is 1. The van der Waals surface area contributed by atoms with E-state index < -0.39 is 5.97 Å². The maximum absolute atomic E-state index is 10.7. The number of aliphatic carboxylic acids is 1. The summed E-state index contributed by atoms with van der Waals surface area (Å²) in [6, 6.07) is -0.275. The first-order valence-electron chi connectivity index (χ1n) is 4.00. The van der Waals surface area contributed by atoms with Crippen molar-refractivity contribution in [3.05, 3.63) is 0 Å². The van der Waals surface area contributed by atoms with Gasteiger partial charge in [-0.05, 0) is 18.8 Å². The Hall–Kier alpha value is -0.610. The predicted molar refractivity (Wildman–Crippen MR) is 38.9 cm³/mol. The first kappa shape index (κ1) is 7.06. The third-order valence-corrected chi connectivity index (χ3v) is 2.54. The number of fused-ring (bicyclic) bond motifs is 2. The second-order valence-electron chi connectivity index (χ2n) is 3.30. The largest absolute Gasteiger partial charge is 0.480 e. The lowest BCUT2D eigenvalue weighted by Gasteiger charge is -2.25. The molecule has 0 aliphatic carbocycles. The van der Waals surface area contributed by atoms with Gasteiger partial charge in [-0.2, -0.15) is 0 Å². The summed E-state index contributed by atoms with van der Waals surface area (Å²) in [5, 5.41) is 10.6. The quantitative estimate of drug-likeness (QED) is 0.546. The minimum atomic E-state index is -0.693. The number of rotatable bonds is 1. The van der Waals surface area contributed by atoms with E-state index >= 15 is 0 Å². The zero-order valence-electron chi connectivity index (χ0n) is 6.29. The molecule has 2 saturated heterocycles. The predicted octanol–water partition coefficient (Wildman–Crippen LogP) is -0.330. The van der Waals surface area contributed by atoms with E-state index in [1.807, 2.05) is 5.01 Å². The van der Waals surface area contributed by atoms with E-state index in [-0.39, 0.29) is 6.04 Å². The van der Waals surface area contributed by atoms with E-state index in [1.54, 1.807) is 0 Å². The third-order valence-electron chi connectivity index (χ3n) is 2.54. The van der Waals surface area contributed by atoms with Crippen LogP contribution in [0.1, 0.15) is 12.8 Å². The van der Waals surface area contributed by atoms with Gasteiger partial charge < -0.3 is 5.11 Å². The summed E-state index contributed by atoms with van der Waals surface area (Å²) in [7, 11) is 0. The molecule has 0 saturated carbocycles. The zero-order valence-corrected chi connectivity index (χ0v) is 6.29. The van der Waals surface area contributed by atoms with Crippen LogP contribution in [0.4, 0.5) is 0 Å². The van der Waals surface area contributed by atoms with Gasteiger partial charge in [0.15, 0.2) is 0 Å². The fourth-order valence-electron chi connectivity index (χ4n) is 1.95. The molecular weight excluding hydrogens is 144 g/mol. The Bertz CT molecular complexity index is 183. The van der Waals surface area contributed by atoms with Gasteiger partial charge >= 0.3 is 5.97 Å². The summed E-state index contributed by atoms with van der Waals surface area (Å²) < 4.78 is 0. The Kier molecular flexibility index (Phi) is 1.58. The molecule has 11 heavy (non-hydrogen) atoms. The Labute approximate surface area is 65.2 Å². The zero-order chi connectivity index (χ0) is 7.84. The first-order valence-corrected chi connectivity index (χ1v) is 4.00. The van der Waals surface area contributed by atoms with Crippen molar-refractivity contribution in [3.8, 4) is 0 Å². The highest BCUT2D eigenvalue weighted by Crippen LogP contribution is 2.27. The van der Waals surface area contributed by atoms with E-state index in [0.29, 0.717) is 5.92 Å². The minimum Gasteiger partial charge on any atom is -0.480 e. The van der Waals surface area contributed by atoms with E-state index in [1.165, 1.54) is 0 Å². The van der Waals surface area contributed by atoms with Crippen LogP contribution in [-0.4, -0.2) is 35.2 Å². The van der Waals surface area contributed by atoms with Crippen LogP contribution in [0.15, 0.2) is 0 Å². The number of hydrazine groups is 1. The van der Waals surface area contributed by atoms with Crippen molar-refractivity contribution in [1.29, 1.82) is 0 Å². The van der Waals surface area contributed by atoms with Gasteiger partial charge in [0.1, 0.15) is 6.04 Å². The number of hydrogen-bond acceptors (Lipinski definition) is 3. The molecule has 0 amide bonds. The van der Waals surface area contributed by atoms with Gasteiger partial charge in [0, 0.05) is 13.1 Å². The van der Waals surface area contributed by atoms with Crippen molar-refractivity contribution in [2.75, 3.05) is 13.1 Å². The van der Waals surface area contributed by atoms with Crippen molar-refractivity contribution >= 4 is 5.97 Å². The fraction of sp³-hybridized carbons (Fsp3) is 0.857. The molecule has 3 atom stereocenters. The highest BCUT2D eigenvalue weighted by Gasteiger charge is 2.38.